The van der Waals surface area contributed by atoms with Gasteiger partial charge in [-0.2, -0.15) is 36.3 Å². The van der Waals surface area contributed by atoms with Gasteiger partial charge in [0.1, 0.15) is 28.5 Å². The van der Waals surface area contributed by atoms with E-state index in [2.05, 4.69) is 41.2 Å². The van der Waals surface area contributed by atoms with Gasteiger partial charge in [-0.15, -0.1) is 0 Å². The quantitative estimate of drug-likeness (QED) is 0.171. The standard InChI is InChI=1S/C32H27F6N9O2/c33-31(34,35)23-12-39-29(42-20-5-7-25-18(10-20)3-8-26(49)44-25)45-27(23)41-21-14-47(15-21)28-24(32(36,37)38)13-40-30(46-28)43-19-4-1-17-11-22(48)6-2-16(17)9-19/h1,4-5,7,9-10,12-13,21H,2-3,6,8,11,14-15H2,(H,44,49)(H,40,43,46)(H2,39,41,42,45). The summed E-state index contributed by atoms with van der Waals surface area (Å²) in [7, 11) is 0. The van der Waals surface area contributed by atoms with Crippen molar-refractivity contribution in [3.05, 3.63) is 76.6 Å². The van der Waals surface area contributed by atoms with E-state index < -0.39 is 41.2 Å². The number of halogens is 6. The maximum atomic E-state index is 14.0. The maximum Gasteiger partial charge on any atom is 0.421 e. The number of aryl methyl sites for hydroxylation is 2. The maximum absolute atomic E-state index is 14.0. The number of nitrogens with one attached hydrogen (secondary N) is 4. The Kier molecular flexibility index (Phi) is 7.99. The Morgan fingerprint density at radius 3 is 2.08 bits per heavy atom. The lowest BCUT2D eigenvalue weighted by Gasteiger charge is -2.41. The minimum atomic E-state index is -4.81. The number of benzene rings is 2. The molecule has 7 rings (SSSR count). The van der Waals surface area contributed by atoms with Crippen LogP contribution in [0.3, 0.4) is 0 Å². The molecule has 17 heteroatoms. The lowest BCUT2D eigenvalue weighted by molar-refractivity contribution is -0.138. The Bertz CT molecular complexity index is 1960. The molecule has 3 aliphatic rings. The zero-order valence-corrected chi connectivity index (χ0v) is 25.5. The molecule has 1 saturated heterocycles. The first-order chi connectivity index (χ1) is 23.3. The Hall–Kier alpha value is -5.48. The van der Waals surface area contributed by atoms with Gasteiger partial charge in [0.15, 0.2) is 0 Å². The Morgan fingerprint density at radius 2 is 1.37 bits per heavy atom. The van der Waals surface area contributed by atoms with Crippen molar-refractivity contribution in [2.75, 3.05) is 39.3 Å². The number of hydrogen-bond donors (Lipinski definition) is 4. The molecule has 4 heterocycles. The highest BCUT2D eigenvalue weighted by molar-refractivity contribution is 5.94. The molecule has 4 N–H and O–H groups in total. The van der Waals surface area contributed by atoms with E-state index in [-0.39, 0.29) is 36.7 Å². The van der Waals surface area contributed by atoms with Crippen molar-refractivity contribution in [2.45, 2.75) is 50.5 Å². The third-order valence-corrected chi connectivity index (χ3v) is 8.47. The third-order valence-electron chi connectivity index (χ3n) is 8.47. The van der Waals surface area contributed by atoms with Crippen LogP contribution < -0.4 is 26.2 Å². The summed E-state index contributed by atoms with van der Waals surface area (Å²) in [6.07, 6.45) is -6.20. The summed E-state index contributed by atoms with van der Waals surface area (Å²) in [6.45, 7) is -0.208. The number of fused-ring (bicyclic) bond motifs is 2. The molecule has 2 aromatic heterocycles. The number of alkyl halides is 6. The Labute approximate surface area is 274 Å². The highest BCUT2D eigenvalue weighted by atomic mass is 19.4. The topological polar surface area (TPSA) is 137 Å². The van der Waals surface area contributed by atoms with Crippen LogP contribution in [0.1, 0.15) is 40.7 Å². The average molecular weight is 684 g/mol. The normalized spacial score (nSPS) is 16.3. The number of amides is 1. The average Bonchev–Trinajstić information content (AvgIpc) is 3.02. The van der Waals surface area contributed by atoms with Crippen LogP contribution in [0, 0.1) is 0 Å². The van der Waals surface area contributed by atoms with Crippen LogP contribution in [-0.2, 0) is 41.2 Å². The molecule has 0 bridgehead atoms. The number of carbonyl (C=O) groups excluding carboxylic acids is 2. The van der Waals surface area contributed by atoms with Crippen LogP contribution in [0.15, 0.2) is 48.8 Å². The molecule has 0 saturated carbocycles. The first-order valence-corrected chi connectivity index (χ1v) is 15.3. The highest BCUT2D eigenvalue weighted by Gasteiger charge is 2.41. The molecule has 254 valence electrons. The lowest BCUT2D eigenvalue weighted by Crippen LogP contribution is -2.56. The van der Waals surface area contributed by atoms with E-state index in [9.17, 15) is 35.9 Å². The van der Waals surface area contributed by atoms with E-state index in [1.54, 1.807) is 36.4 Å². The van der Waals surface area contributed by atoms with Crippen molar-refractivity contribution in [2.24, 2.45) is 0 Å². The predicted molar refractivity (Wildman–Crippen MR) is 167 cm³/mol. The van der Waals surface area contributed by atoms with E-state index >= 15 is 0 Å². The van der Waals surface area contributed by atoms with E-state index in [0.717, 1.165) is 16.7 Å². The third kappa shape index (κ3) is 6.91. The smallest absolute Gasteiger partial charge is 0.363 e. The molecular weight excluding hydrogens is 656 g/mol. The SMILES string of the molecule is O=C1CCc2cc(Nc3ncc(C(F)(F)F)c(N4CC(Nc5nc(Nc6ccc7c(c6)CCC(=O)N7)ncc5C(F)(F)F)C4)n3)ccc2C1. The molecule has 2 aromatic carbocycles. The number of hydrogen-bond acceptors (Lipinski definition) is 10. The molecule has 0 spiro atoms. The van der Waals surface area contributed by atoms with Gasteiger partial charge < -0.3 is 26.2 Å². The fraction of sp³-hybridized carbons (Fsp3) is 0.312. The first-order valence-electron chi connectivity index (χ1n) is 15.3. The van der Waals surface area contributed by atoms with Crippen LogP contribution in [0.2, 0.25) is 0 Å². The van der Waals surface area contributed by atoms with Gasteiger partial charge in [0.2, 0.25) is 17.8 Å². The molecular formula is C32H27F6N9O2. The fourth-order valence-corrected chi connectivity index (χ4v) is 5.97. The molecule has 4 aromatic rings. The number of ketones is 1. The summed E-state index contributed by atoms with van der Waals surface area (Å²) in [5.41, 5.74) is 2.14. The monoisotopic (exact) mass is 683 g/mol. The summed E-state index contributed by atoms with van der Waals surface area (Å²) >= 11 is 0. The van der Waals surface area contributed by atoms with Crippen LogP contribution in [0.25, 0.3) is 0 Å². The highest BCUT2D eigenvalue weighted by Crippen LogP contribution is 2.39. The van der Waals surface area contributed by atoms with Crippen LogP contribution in [0.4, 0.5) is 66.9 Å². The van der Waals surface area contributed by atoms with Crippen molar-refractivity contribution < 1.29 is 35.9 Å². The van der Waals surface area contributed by atoms with Crippen molar-refractivity contribution in [3.8, 4) is 0 Å². The number of aromatic nitrogens is 4. The van der Waals surface area contributed by atoms with E-state index in [4.69, 9.17) is 0 Å². The second kappa shape index (κ2) is 12.2. The molecule has 0 radical (unpaired) electrons. The zero-order chi connectivity index (χ0) is 34.5. The fourth-order valence-electron chi connectivity index (χ4n) is 5.97. The predicted octanol–water partition coefficient (Wildman–Crippen LogP) is 6.03. The first kappa shape index (κ1) is 32.1. The summed E-state index contributed by atoms with van der Waals surface area (Å²) in [4.78, 5) is 40.6. The van der Waals surface area contributed by atoms with Crippen molar-refractivity contribution in [3.63, 3.8) is 0 Å². The zero-order valence-electron chi connectivity index (χ0n) is 25.5. The molecule has 49 heavy (non-hydrogen) atoms. The number of carbonyl (C=O) groups is 2. The number of rotatable bonds is 7. The number of Topliss-reactive ketones (excluding diaryl/α,β-unsaturated/α-hetero) is 1. The Balaban J connectivity index is 1.08. The summed E-state index contributed by atoms with van der Waals surface area (Å²) in [5.74, 6) is -1.15. The largest absolute Gasteiger partial charge is 0.421 e. The van der Waals surface area contributed by atoms with Gasteiger partial charge in [-0.3, -0.25) is 9.59 Å². The number of anilines is 7. The van der Waals surface area contributed by atoms with Gasteiger partial charge in [-0.25, -0.2) is 9.97 Å². The molecule has 0 atom stereocenters. The molecule has 11 nitrogen and oxygen atoms in total. The van der Waals surface area contributed by atoms with Crippen LogP contribution >= 0.6 is 0 Å². The van der Waals surface area contributed by atoms with Crippen molar-refractivity contribution >= 4 is 52.3 Å². The second-order valence-corrected chi connectivity index (χ2v) is 12.0. The van der Waals surface area contributed by atoms with Crippen LogP contribution in [0.5, 0.6) is 0 Å². The van der Waals surface area contributed by atoms with E-state index in [1.807, 2.05) is 0 Å². The van der Waals surface area contributed by atoms with Crippen molar-refractivity contribution in [1.29, 1.82) is 0 Å². The van der Waals surface area contributed by atoms with Gasteiger partial charge in [0.25, 0.3) is 0 Å². The van der Waals surface area contributed by atoms with Gasteiger partial charge in [-0.1, -0.05) is 6.07 Å². The summed E-state index contributed by atoms with van der Waals surface area (Å²) in [5, 5.41) is 11.3. The van der Waals surface area contributed by atoms with Gasteiger partial charge >= 0.3 is 12.4 Å². The minimum absolute atomic E-state index is 0.0957. The van der Waals surface area contributed by atoms with Gasteiger partial charge in [-0.05, 0) is 59.9 Å². The number of nitrogens with zero attached hydrogens (tertiary/aromatic N) is 5. The van der Waals surface area contributed by atoms with Gasteiger partial charge in [0, 0.05) is 61.8 Å². The second-order valence-electron chi connectivity index (χ2n) is 12.0. The summed E-state index contributed by atoms with van der Waals surface area (Å²) < 4.78 is 83.6. The molecule has 1 amide bonds. The molecule has 1 fully saturated rings. The molecule has 2 aliphatic heterocycles. The van der Waals surface area contributed by atoms with Crippen LogP contribution in [-0.4, -0.2) is 50.8 Å². The van der Waals surface area contributed by atoms with Crippen molar-refractivity contribution in [1.82, 2.24) is 19.9 Å². The molecule has 0 unspecified atom stereocenters. The van der Waals surface area contributed by atoms with E-state index in [1.165, 1.54) is 4.90 Å². The minimum Gasteiger partial charge on any atom is -0.363 e. The lowest BCUT2D eigenvalue weighted by atomic mass is 9.90. The van der Waals surface area contributed by atoms with E-state index in [0.29, 0.717) is 61.6 Å². The Morgan fingerprint density at radius 1 is 0.735 bits per heavy atom. The summed E-state index contributed by atoms with van der Waals surface area (Å²) in [6, 6.07) is 9.60. The molecule has 1 aliphatic carbocycles. The van der Waals surface area contributed by atoms with Gasteiger partial charge in [0.05, 0.1) is 6.04 Å².